The van der Waals surface area contributed by atoms with Crippen LogP contribution in [0.5, 0.6) is 0 Å². The molecule has 0 atom stereocenters. The van der Waals surface area contributed by atoms with Crippen LogP contribution in [0.3, 0.4) is 0 Å². The Morgan fingerprint density at radius 2 is 2.08 bits per heavy atom. The standard InChI is InChI=1S/C18H22N2O3S2/c1-5-23-17(22)11-24-9-15-10-25-18(19-15)20(14(4)21)16-8-6-7-12(2)13(16)3/h6-8,10H,5,9,11H2,1-4H3. The van der Waals surface area contributed by atoms with Gasteiger partial charge in [-0.25, -0.2) is 4.98 Å². The first kappa shape index (κ1) is 19.5. The van der Waals surface area contributed by atoms with Crippen molar-refractivity contribution >= 4 is 45.8 Å². The average molecular weight is 379 g/mol. The largest absolute Gasteiger partial charge is 0.465 e. The Bertz CT molecular complexity index is 759. The molecule has 0 saturated carbocycles. The normalized spacial score (nSPS) is 10.6. The number of nitrogens with zero attached hydrogens (tertiary/aromatic N) is 2. The number of amides is 1. The second-order valence-electron chi connectivity index (χ2n) is 5.49. The molecule has 0 fully saturated rings. The van der Waals surface area contributed by atoms with Gasteiger partial charge in [0.25, 0.3) is 0 Å². The van der Waals surface area contributed by atoms with Gasteiger partial charge in [0.15, 0.2) is 5.13 Å². The number of rotatable bonds is 7. The summed E-state index contributed by atoms with van der Waals surface area (Å²) in [6.45, 7) is 7.75. The molecular weight excluding hydrogens is 356 g/mol. The quantitative estimate of drug-likeness (QED) is 0.675. The van der Waals surface area contributed by atoms with E-state index in [4.69, 9.17) is 4.74 Å². The molecule has 2 rings (SSSR count). The van der Waals surface area contributed by atoms with Crippen molar-refractivity contribution in [1.29, 1.82) is 0 Å². The number of carbonyl (C=O) groups is 2. The SMILES string of the molecule is CCOC(=O)CSCc1csc(N(C(C)=O)c2cccc(C)c2C)n1. The van der Waals surface area contributed by atoms with Crippen LogP contribution in [0.4, 0.5) is 10.8 Å². The molecule has 0 spiro atoms. The molecule has 0 saturated heterocycles. The molecule has 7 heteroatoms. The van der Waals surface area contributed by atoms with E-state index in [9.17, 15) is 9.59 Å². The number of hydrogen-bond donors (Lipinski definition) is 0. The lowest BCUT2D eigenvalue weighted by molar-refractivity contribution is -0.139. The molecule has 1 amide bonds. The molecule has 1 heterocycles. The third-order valence-corrected chi connectivity index (χ3v) is 5.45. The fourth-order valence-electron chi connectivity index (χ4n) is 2.29. The number of carbonyl (C=O) groups excluding carboxylic acids is 2. The summed E-state index contributed by atoms with van der Waals surface area (Å²) in [6.07, 6.45) is 0. The van der Waals surface area contributed by atoms with Gasteiger partial charge >= 0.3 is 5.97 Å². The third-order valence-electron chi connectivity index (χ3n) is 3.64. The monoisotopic (exact) mass is 378 g/mol. The van der Waals surface area contributed by atoms with Gasteiger partial charge in [0, 0.05) is 18.1 Å². The van der Waals surface area contributed by atoms with E-state index in [2.05, 4.69) is 4.98 Å². The summed E-state index contributed by atoms with van der Waals surface area (Å²) in [5.74, 6) is 0.611. The van der Waals surface area contributed by atoms with E-state index >= 15 is 0 Å². The minimum Gasteiger partial charge on any atom is -0.465 e. The fourth-order valence-corrected chi connectivity index (χ4v) is 3.99. The van der Waals surface area contributed by atoms with Crippen LogP contribution in [0.25, 0.3) is 0 Å². The smallest absolute Gasteiger partial charge is 0.315 e. The molecule has 0 aliphatic rings. The van der Waals surface area contributed by atoms with Gasteiger partial charge in [0.05, 0.1) is 23.7 Å². The Balaban J connectivity index is 2.13. The van der Waals surface area contributed by atoms with Gasteiger partial charge in [0.2, 0.25) is 5.91 Å². The number of thiazole rings is 1. The van der Waals surface area contributed by atoms with Gasteiger partial charge in [-0.05, 0) is 38.0 Å². The Morgan fingerprint density at radius 1 is 1.32 bits per heavy atom. The van der Waals surface area contributed by atoms with Crippen molar-refractivity contribution < 1.29 is 14.3 Å². The maximum atomic E-state index is 12.2. The fraction of sp³-hybridized carbons (Fsp3) is 0.389. The predicted molar refractivity (Wildman–Crippen MR) is 104 cm³/mol. The zero-order valence-corrected chi connectivity index (χ0v) is 16.5. The van der Waals surface area contributed by atoms with Crippen molar-refractivity contribution in [3.63, 3.8) is 0 Å². The van der Waals surface area contributed by atoms with Gasteiger partial charge in [-0.2, -0.15) is 0 Å². The van der Waals surface area contributed by atoms with Crippen LogP contribution in [-0.4, -0.2) is 29.2 Å². The highest BCUT2D eigenvalue weighted by Gasteiger charge is 2.20. The van der Waals surface area contributed by atoms with Crippen LogP contribution in [0.15, 0.2) is 23.6 Å². The topological polar surface area (TPSA) is 59.5 Å². The highest BCUT2D eigenvalue weighted by atomic mass is 32.2. The summed E-state index contributed by atoms with van der Waals surface area (Å²) in [5, 5.41) is 2.57. The van der Waals surface area contributed by atoms with Crippen molar-refractivity contribution in [3.8, 4) is 0 Å². The van der Waals surface area contributed by atoms with Gasteiger partial charge in [-0.1, -0.05) is 12.1 Å². The zero-order chi connectivity index (χ0) is 18.4. The van der Waals surface area contributed by atoms with E-state index in [1.54, 1.807) is 18.7 Å². The number of hydrogen-bond acceptors (Lipinski definition) is 6. The summed E-state index contributed by atoms with van der Waals surface area (Å²) < 4.78 is 4.91. The molecule has 5 nitrogen and oxygen atoms in total. The molecule has 0 aliphatic carbocycles. The number of aromatic nitrogens is 1. The van der Waals surface area contributed by atoms with Gasteiger partial charge < -0.3 is 4.74 Å². The number of ether oxygens (including phenoxy) is 1. The van der Waals surface area contributed by atoms with Crippen LogP contribution in [0.2, 0.25) is 0 Å². The lowest BCUT2D eigenvalue weighted by Gasteiger charge is -2.21. The van der Waals surface area contributed by atoms with Crippen molar-refractivity contribution in [2.24, 2.45) is 0 Å². The number of thioether (sulfide) groups is 1. The minimum atomic E-state index is -0.219. The molecule has 0 unspecified atom stereocenters. The Kier molecular flexibility index (Phi) is 7.01. The molecule has 25 heavy (non-hydrogen) atoms. The average Bonchev–Trinajstić information content (AvgIpc) is 3.00. The summed E-state index contributed by atoms with van der Waals surface area (Å²) in [4.78, 5) is 29.8. The third kappa shape index (κ3) is 5.06. The lowest BCUT2D eigenvalue weighted by atomic mass is 10.1. The van der Waals surface area contributed by atoms with E-state index in [1.165, 1.54) is 23.1 Å². The first-order chi connectivity index (χ1) is 11.9. The van der Waals surface area contributed by atoms with E-state index in [1.807, 2.05) is 37.4 Å². The molecule has 0 bridgehead atoms. The van der Waals surface area contributed by atoms with Crippen LogP contribution in [-0.2, 0) is 20.1 Å². The van der Waals surface area contributed by atoms with Crippen LogP contribution < -0.4 is 4.90 Å². The molecule has 1 aromatic heterocycles. The predicted octanol–water partition coefficient (Wildman–Crippen LogP) is 4.24. The van der Waals surface area contributed by atoms with Gasteiger partial charge in [-0.3, -0.25) is 14.5 Å². The molecule has 0 radical (unpaired) electrons. The maximum Gasteiger partial charge on any atom is 0.315 e. The van der Waals surface area contributed by atoms with Gasteiger partial charge in [-0.15, -0.1) is 23.1 Å². The number of benzene rings is 1. The van der Waals surface area contributed by atoms with Gasteiger partial charge in [0.1, 0.15) is 0 Å². The summed E-state index contributed by atoms with van der Waals surface area (Å²) in [5.41, 5.74) is 3.90. The van der Waals surface area contributed by atoms with E-state index in [-0.39, 0.29) is 11.9 Å². The second kappa shape index (κ2) is 9.01. The Morgan fingerprint density at radius 3 is 2.76 bits per heavy atom. The highest BCUT2D eigenvalue weighted by Crippen LogP contribution is 2.33. The lowest BCUT2D eigenvalue weighted by Crippen LogP contribution is -2.23. The summed E-state index contributed by atoms with van der Waals surface area (Å²) in [6, 6.07) is 5.90. The molecule has 1 aromatic carbocycles. The first-order valence-corrected chi connectivity index (χ1v) is 10.0. The molecule has 2 aromatic rings. The molecule has 0 N–H and O–H groups in total. The van der Waals surface area contributed by atoms with Crippen molar-refractivity contribution in [1.82, 2.24) is 4.98 Å². The number of anilines is 2. The van der Waals surface area contributed by atoms with Crippen LogP contribution in [0, 0.1) is 13.8 Å². The van der Waals surface area contributed by atoms with E-state index < -0.39 is 0 Å². The number of esters is 1. The van der Waals surface area contributed by atoms with Crippen molar-refractivity contribution in [3.05, 3.63) is 40.4 Å². The van der Waals surface area contributed by atoms with Crippen molar-refractivity contribution in [2.75, 3.05) is 17.3 Å². The molecule has 0 aliphatic heterocycles. The summed E-state index contributed by atoms with van der Waals surface area (Å²) >= 11 is 2.88. The molecule has 134 valence electrons. The Labute approximate surface area is 156 Å². The highest BCUT2D eigenvalue weighted by molar-refractivity contribution is 7.99. The van der Waals surface area contributed by atoms with E-state index in [0.29, 0.717) is 23.2 Å². The zero-order valence-electron chi connectivity index (χ0n) is 14.9. The summed E-state index contributed by atoms with van der Waals surface area (Å²) in [7, 11) is 0. The van der Waals surface area contributed by atoms with E-state index in [0.717, 1.165) is 22.5 Å². The maximum absolute atomic E-state index is 12.2. The molecular formula is C18H22N2O3S2. The number of aryl methyl sites for hydroxylation is 1. The van der Waals surface area contributed by atoms with Crippen LogP contribution >= 0.6 is 23.1 Å². The Hall–Kier alpha value is -1.86. The first-order valence-electron chi connectivity index (χ1n) is 7.98. The minimum absolute atomic E-state index is 0.0752. The second-order valence-corrected chi connectivity index (χ2v) is 7.31. The van der Waals surface area contributed by atoms with Crippen LogP contribution in [0.1, 0.15) is 30.7 Å². The van der Waals surface area contributed by atoms with Crippen molar-refractivity contribution in [2.45, 2.75) is 33.4 Å².